The van der Waals surface area contributed by atoms with Crippen LogP contribution in [0.4, 0.5) is 0 Å². The summed E-state index contributed by atoms with van der Waals surface area (Å²) in [7, 11) is 0. The predicted octanol–water partition coefficient (Wildman–Crippen LogP) is -1.15. The Morgan fingerprint density at radius 2 is 2.27 bits per heavy atom. The molecule has 4 atom stereocenters. The largest absolute Gasteiger partial charge is 0.387 e. The monoisotopic (exact) mass is 363 g/mol. The van der Waals surface area contributed by atoms with Crippen molar-refractivity contribution >= 4 is 5.91 Å². The molecule has 3 heterocycles. The normalized spacial score (nSPS) is 29.3. The highest BCUT2D eigenvalue weighted by Gasteiger charge is 2.60. The lowest BCUT2D eigenvalue weighted by molar-refractivity contribution is -0.175. The summed E-state index contributed by atoms with van der Waals surface area (Å²) in [5.74, 6) is 5.15. The number of hydrogen-bond donors (Lipinski definition) is 3. The number of aromatic nitrogens is 2. The Labute approximate surface area is 149 Å². The first-order valence-electron chi connectivity index (χ1n) is 8.50. The number of carbonyl (C=O) groups excluding carboxylic acids is 1. The second kappa shape index (κ2) is 7.07. The molecule has 140 valence electrons. The van der Waals surface area contributed by atoms with Crippen molar-refractivity contribution in [3.05, 3.63) is 32.6 Å². The molecule has 0 aliphatic carbocycles. The Morgan fingerprint density at radius 3 is 2.92 bits per heavy atom. The molecule has 3 rings (SSSR count). The number of nitrogens with zero attached hydrogens (tertiary/aromatic N) is 1. The highest BCUT2D eigenvalue weighted by Crippen LogP contribution is 2.46. The van der Waals surface area contributed by atoms with Gasteiger partial charge in [0.1, 0.15) is 23.4 Å². The number of amides is 1. The van der Waals surface area contributed by atoms with E-state index in [4.69, 9.17) is 9.47 Å². The molecule has 1 aromatic rings. The number of hydrogen-bond acceptors (Lipinski definition) is 6. The predicted molar refractivity (Wildman–Crippen MR) is 90.4 cm³/mol. The second-order valence-corrected chi connectivity index (χ2v) is 6.29. The van der Waals surface area contributed by atoms with Crippen molar-refractivity contribution in [2.75, 3.05) is 13.2 Å². The standard InChI is InChI=1S/C17H21N3O6/c1-3-11(21)18-7-5-6-10-8-20(16(24)19-14(10)23)15-12-13(22)17(4-2,26-15)9-25-12/h8,12-13,15,22H,3-4,7,9H2,1-2H3,(H,18,21)(H,19,23,24)/t12?,13-,15-,17+/m1/s1. The lowest BCUT2D eigenvalue weighted by Crippen LogP contribution is -2.41. The average molecular weight is 363 g/mol. The molecule has 0 radical (unpaired) electrons. The summed E-state index contributed by atoms with van der Waals surface area (Å²) in [5, 5.41) is 12.9. The molecule has 0 spiro atoms. The van der Waals surface area contributed by atoms with Crippen LogP contribution in [0.25, 0.3) is 0 Å². The minimum atomic E-state index is -0.852. The van der Waals surface area contributed by atoms with E-state index < -0.39 is 35.3 Å². The number of carbonyl (C=O) groups is 1. The summed E-state index contributed by atoms with van der Waals surface area (Å²) < 4.78 is 12.7. The third kappa shape index (κ3) is 3.07. The summed E-state index contributed by atoms with van der Waals surface area (Å²) >= 11 is 0. The van der Waals surface area contributed by atoms with Crippen molar-refractivity contribution in [3.63, 3.8) is 0 Å². The third-order valence-electron chi connectivity index (χ3n) is 4.77. The van der Waals surface area contributed by atoms with Gasteiger partial charge in [0.2, 0.25) is 5.91 Å². The van der Waals surface area contributed by atoms with E-state index in [0.29, 0.717) is 12.8 Å². The van der Waals surface area contributed by atoms with Gasteiger partial charge in [0.15, 0.2) is 6.23 Å². The molecule has 1 unspecified atom stereocenters. The van der Waals surface area contributed by atoms with E-state index in [1.54, 1.807) is 6.92 Å². The fourth-order valence-electron chi connectivity index (χ4n) is 3.14. The van der Waals surface area contributed by atoms with E-state index in [0.717, 1.165) is 0 Å². The molecule has 2 saturated heterocycles. The van der Waals surface area contributed by atoms with E-state index in [9.17, 15) is 19.5 Å². The molecular formula is C17H21N3O6. The summed E-state index contributed by atoms with van der Waals surface area (Å²) in [5.41, 5.74) is -2.09. The molecule has 1 amide bonds. The molecule has 9 nitrogen and oxygen atoms in total. The van der Waals surface area contributed by atoms with Crippen LogP contribution in [0.5, 0.6) is 0 Å². The molecule has 3 N–H and O–H groups in total. The van der Waals surface area contributed by atoms with Gasteiger partial charge in [0.25, 0.3) is 5.56 Å². The second-order valence-electron chi connectivity index (χ2n) is 6.29. The molecule has 1 aromatic heterocycles. The van der Waals surface area contributed by atoms with Crippen LogP contribution in [0.15, 0.2) is 15.8 Å². The quantitative estimate of drug-likeness (QED) is 0.581. The van der Waals surface area contributed by atoms with E-state index in [2.05, 4.69) is 22.1 Å². The maximum absolute atomic E-state index is 12.2. The number of fused-ring (bicyclic) bond motifs is 2. The van der Waals surface area contributed by atoms with Gasteiger partial charge < -0.3 is 19.9 Å². The summed E-state index contributed by atoms with van der Waals surface area (Å²) in [6, 6.07) is 0. The Morgan fingerprint density at radius 1 is 1.50 bits per heavy atom. The van der Waals surface area contributed by atoms with Crippen molar-refractivity contribution in [3.8, 4) is 11.8 Å². The zero-order chi connectivity index (χ0) is 18.9. The first-order chi connectivity index (χ1) is 12.4. The molecule has 0 saturated carbocycles. The first kappa shape index (κ1) is 18.4. The van der Waals surface area contributed by atoms with Crippen molar-refractivity contribution in [1.29, 1.82) is 0 Å². The molecular weight excluding hydrogens is 342 g/mol. The zero-order valence-electron chi connectivity index (χ0n) is 14.6. The maximum atomic E-state index is 12.2. The number of H-pyrrole nitrogens is 1. The Bertz CT molecular complexity index is 879. The van der Waals surface area contributed by atoms with Crippen LogP contribution in [-0.4, -0.2) is 51.5 Å². The van der Waals surface area contributed by atoms with E-state index in [-0.39, 0.29) is 24.6 Å². The van der Waals surface area contributed by atoms with Crippen molar-refractivity contribution < 1.29 is 19.4 Å². The van der Waals surface area contributed by atoms with Crippen LogP contribution in [0.2, 0.25) is 0 Å². The first-order valence-corrected chi connectivity index (χ1v) is 8.50. The lowest BCUT2D eigenvalue weighted by Gasteiger charge is -2.30. The smallest absolute Gasteiger partial charge is 0.330 e. The van der Waals surface area contributed by atoms with Gasteiger partial charge in [-0.1, -0.05) is 25.7 Å². The Kier molecular flexibility index (Phi) is 5.00. The van der Waals surface area contributed by atoms with E-state index >= 15 is 0 Å². The number of ether oxygens (including phenoxy) is 2. The van der Waals surface area contributed by atoms with Crippen molar-refractivity contribution in [1.82, 2.24) is 14.9 Å². The fourth-order valence-corrected chi connectivity index (χ4v) is 3.14. The Balaban J connectivity index is 1.86. The fraction of sp³-hybridized carbons (Fsp3) is 0.588. The molecule has 9 heteroatoms. The maximum Gasteiger partial charge on any atom is 0.330 e. The lowest BCUT2D eigenvalue weighted by atomic mass is 9.96. The zero-order valence-corrected chi connectivity index (χ0v) is 14.6. The SMILES string of the molecule is CCC(=O)NCC#Cc1cn([C@@H]2O[C@@]3(CC)COC2[C@H]3O)c(=O)[nH]c1=O. The topological polar surface area (TPSA) is 123 Å². The third-order valence-corrected chi connectivity index (χ3v) is 4.77. The van der Waals surface area contributed by atoms with Gasteiger partial charge in [-0.15, -0.1) is 0 Å². The van der Waals surface area contributed by atoms with E-state index in [1.807, 2.05) is 6.92 Å². The number of aliphatic hydroxyl groups is 1. The molecule has 0 aromatic carbocycles. The van der Waals surface area contributed by atoms with Crippen LogP contribution in [-0.2, 0) is 14.3 Å². The van der Waals surface area contributed by atoms with Gasteiger partial charge in [-0.2, -0.15) is 0 Å². The van der Waals surface area contributed by atoms with Crippen LogP contribution < -0.4 is 16.6 Å². The number of nitrogens with one attached hydrogen (secondary N) is 2. The van der Waals surface area contributed by atoms with Gasteiger partial charge in [0, 0.05) is 12.6 Å². The molecule has 26 heavy (non-hydrogen) atoms. The van der Waals surface area contributed by atoms with Crippen LogP contribution in [0.3, 0.4) is 0 Å². The molecule has 2 fully saturated rings. The Hall–Kier alpha value is -2.41. The van der Waals surface area contributed by atoms with Gasteiger partial charge in [-0.3, -0.25) is 19.1 Å². The highest BCUT2D eigenvalue weighted by atomic mass is 16.6. The van der Waals surface area contributed by atoms with Gasteiger partial charge >= 0.3 is 5.69 Å². The molecule has 2 aliphatic heterocycles. The summed E-state index contributed by atoms with van der Waals surface area (Å²) in [4.78, 5) is 37.5. The van der Waals surface area contributed by atoms with Crippen molar-refractivity contribution in [2.45, 2.75) is 50.7 Å². The van der Waals surface area contributed by atoms with Crippen molar-refractivity contribution in [2.24, 2.45) is 0 Å². The van der Waals surface area contributed by atoms with Crippen LogP contribution in [0, 0.1) is 11.8 Å². The molecule has 2 aliphatic rings. The summed E-state index contributed by atoms with van der Waals surface area (Å²) in [6.07, 6.45) is -0.222. The van der Waals surface area contributed by atoms with Crippen LogP contribution in [0.1, 0.15) is 38.5 Å². The van der Waals surface area contributed by atoms with Gasteiger partial charge in [-0.25, -0.2) is 4.79 Å². The van der Waals surface area contributed by atoms with E-state index in [1.165, 1.54) is 10.8 Å². The van der Waals surface area contributed by atoms with Crippen LogP contribution >= 0.6 is 0 Å². The average Bonchev–Trinajstić information content (AvgIpc) is 3.10. The minimum absolute atomic E-state index is 0.0572. The summed E-state index contributed by atoms with van der Waals surface area (Å²) in [6.45, 7) is 3.94. The number of aliphatic hydroxyl groups excluding tert-OH is 1. The van der Waals surface area contributed by atoms with Gasteiger partial charge in [-0.05, 0) is 6.42 Å². The number of aromatic amines is 1. The van der Waals surface area contributed by atoms with Gasteiger partial charge in [0.05, 0.1) is 13.2 Å². The molecule has 2 bridgehead atoms. The minimum Gasteiger partial charge on any atom is -0.387 e. The number of rotatable bonds is 4. The highest BCUT2D eigenvalue weighted by molar-refractivity contribution is 5.75.